The van der Waals surface area contributed by atoms with Crippen LogP contribution in [0.3, 0.4) is 0 Å². The highest BCUT2D eigenvalue weighted by molar-refractivity contribution is 9.11. The molecule has 2 rings (SSSR count). The molecule has 0 amide bonds. The number of rotatable bonds is 5. The lowest BCUT2D eigenvalue weighted by Crippen LogP contribution is -2.46. The van der Waals surface area contributed by atoms with E-state index >= 15 is 0 Å². The van der Waals surface area contributed by atoms with Crippen molar-refractivity contribution in [1.82, 2.24) is 14.9 Å². The molecule has 0 aliphatic carbocycles. The maximum Gasteiger partial charge on any atom is 0.250 e. The third kappa shape index (κ3) is 4.24. The van der Waals surface area contributed by atoms with Crippen molar-refractivity contribution in [3.8, 4) is 0 Å². The molecule has 1 aromatic rings. The summed E-state index contributed by atoms with van der Waals surface area (Å²) in [6.07, 6.45) is 0. The average molecular weight is 368 g/mol. The van der Waals surface area contributed by atoms with E-state index in [0.29, 0.717) is 10.8 Å². The molecule has 1 aliphatic heterocycles. The zero-order chi connectivity index (χ0) is 13.9. The number of hydrogen-bond donors (Lipinski definition) is 2. The lowest BCUT2D eigenvalue weighted by molar-refractivity contribution is 0.245. The van der Waals surface area contributed by atoms with E-state index in [0.717, 1.165) is 42.1 Å². The van der Waals surface area contributed by atoms with Crippen LogP contribution < -0.4 is 10.0 Å². The second-order valence-corrected chi connectivity index (χ2v) is 8.88. The lowest BCUT2D eigenvalue weighted by atomic mass is 10.3. The second kappa shape index (κ2) is 6.64. The fraction of sp³-hybridized carbons (Fsp3) is 0.636. The molecule has 1 fully saturated rings. The van der Waals surface area contributed by atoms with E-state index < -0.39 is 10.0 Å². The Morgan fingerprint density at radius 3 is 2.74 bits per heavy atom. The lowest BCUT2D eigenvalue weighted by Gasteiger charge is -2.26. The number of halogens is 1. The van der Waals surface area contributed by atoms with Crippen LogP contribution in [0.4, 0.5) is 0 Å². The van der Waals surface area contributed by atoms with Gasteiger partial charge in [-0.05, 0) is 34.5 Å². The van der Waals surface area contributed by atoms with Gasteiger partial charge in [0.25, 0.3) is 0 Å². The molecule has 108 valence electrons. The molecule has 5 nitrogen and oxygen atoms in total. The van der Waals surface area contributed by atoms with Crippen molar-refractivity contribution in [2.24, 2.45) is 0 Å². The van der Waals surface area contributed by atoms with Gasteiger partial charge in [0, 0.05) is 39.3 Å². The number of aryl methyl sites for hydroxylation is 1. The van der Waals surface area contributed by atoms with E-state index in [4.69, 9.17) is 0 Å². The van der Waals surface area contributed by atoms with E-state index in [1.165, 1.54) is 11.3 Å². The van der Waals surface area contributed by atoms with Crippen LogP contribution in [0.1, 0.15) is 5.56 Å². The van der Waals surface area contributed by atoms with E-state index in [9.17, 15) is 8.42 Å². The molecular formula is C11H18BrN3O2S2. The summed E-state index contributed by atoms with van der Waals surface area (Å²) in [5, 5.41) is 3.27. The Morgan fingerprint density at radius 1 is 1.47 bits per heavy atom. The number of sulfonamides is 1. The molecule has 0 bridgehead atoms. The Hall–Kier alpha value is 0.01000. The van der Waals surface area contributed by atoms with Crippen molar-refractivity contribution < 1.29 is 8.42 Å². The van der Waals surface area contributed by atoms with Crippen LogP contribution in [-0.2, 0) is 10.0 Å². The van der Waals surface area contributed by atoms with Gasteiger partial charge in [-0.1, -0.05) is 0 Å². The van der Waals surface area contributed by atoms with Gasteiger partial charge in [0.1, 0.15) is 4.21 Å². The van der Waals surface area contributed by atoms with Gasteiger partial charge in [-0.2, -0.15) is 0 Å². The van der Waals surface area contributed by atoms with Gasteiger partial charge in [-0.25, -0.2) is 13.1 Å². The van der Waals surface area contributed by atoms with Crippen LogP contribution in [-0.4, -0.2) is 52.6 Å². The predicted molar refractivity (Wildman–Crippen MR) is 81.3 cm³/mol. The Morgan fingerprint density at radius 2 is 2.16 bits per heavy atom. The van der Waals surface area contributed by atoms with Crippen LogP contribution in [0, 0.1) is 6.92 Å². The molecule has 0 aromatic carbocycles. The molecule has 0 unspecified atom stereocenters. The summed E-state index contributed by atoms with van der Waals surface area (Å²) in [4.78, 5) is 2.26. The third-order valence-corrected chi connectivity index (χ3v) is 7.10. The number of piperazine rings is 1. The van der Waals surface area contributed by atoms with Crippen molar-refractivity contribution in [2.75, 3.05) is 39.3 Å². The molecule has 2 N–H and O–H groups in total. The van der Waals surface area contributed by atoms with Crippen LogP contribution >= 0.6 is 27.3 Å². The number of nitrogens with one attached hydrogen (secondary N) is 2. The summed E-state index contributed by atoms with van der Waals surface area (Å²) in [6.45, 7) is 7.01. The number of thiophene rings is 1. The molecule has 1 aliphatic rings. The third-order valence-electron chi connectivity index (χ3n) is 3.03. The van der Waals surface area contributed by atoms with Crippen LogP contribution in [0.25, 0.3) is 0 Å². The summed E-state index contributed by atoms with van der Waals surface area (Å²) >= 11 is 4.60. The maximum atomic E-state index is 12.1. The van der Waals surface area contributed by atoms with E-state index in [2.05, 4.69) is 30.9 Å². The fourth-order valence-electron chi connectivity index (χ4n) is 1.91. The minimum Gasteiger partial charge on any atom is -0.314 e. The molecule has 2 heterocycles. The van der Waals surface area contributed by atoms with Gasteiger partial charge in [-0.3, -0.25) is 4.90 Å². The van der Waals surface area contributed by atoms with Crippen LogP contribution in [0.15, 0.2) is 14.1 Å². The summed E-state index contributed by atoms with van der Waals surface area (Å²) in [5.41, 5.74) is 0.951. The van der Waals surface area contributed by atoms with Crippen molar-refractivity contribution in [3.63, 3.8) is 0 Å². The van der Waals surface area contributed by atoms with Gasteiger partial charge in [0.2, 0.25) is 10.0 Å². The highest BCUT2D eigenvalue weighted by Gasteiger charge is 2.18. The first kappa shape index (κ1) is 15.4. The molecule has 8 heteroatoms. The standard InChI is InChI=1S/C11H18BrN3O2S2/c1-9-8-10(18-11(9)12)19(16,17)14-4-7-15-5-2-13-3-6-15/h8,13-14H,2-7H2,1H3. The van der Waals surface area contributed by atoms with E-state index in [1.54, 1.807) is 6.07 Å². The second-order valence-electron chi connectivity index (χ2n) is 4.51. The minimum atomic E-state index is -3.37. The highest BCUT2D eigenvalue weighted by Crippen LogP contribution is 2.30. The van der Waals surface area contributed by atoms with E-state index in [1.807, 2.05) is 6.92 Å². The van der Waals surface area contributed by atoms with Gasteiger partial charge >= 0.3 is 0 Å². The normalized spacial score (nSPS) is 17.8. The van der Waals surface area contributed by atoms with Gasteiger partial charge < -0.3 is 5.32 Å². The fourth-order valence-corrected chi connectivity index (χ4v) is 5.20. The highest BCUT2D eigenvalue weighted by atomic mass is 79.9. The van der Waals surface area contributed by atoms with E-state index in [-0.39, 0.29) is 0 Å². The molecule has 0 atom stereocenters. The largest absolute Gasteiger partial charge is 0.314 e. The topological polar surface area (TPSA) is 61.4 Å². The first-order chi connectivity index (χ1) is 8.99. The first-order valence-electron chi connectivity index (χ1n) is 6.18. The molecule has 1 aromatic heterocycles. The van der Waals surface area contributed by atoms with Gasteiger partial charge in [-0.15, -0.1) is 11.3 Å². The van der Waals surface area contributed by atoms with Crippen LogP contribution in [0.2, 0.25) is 0 Å². The molecule has 0 spiro atoms. The van der Waals surface area contributed by atoms with Crippen molar-refractivity contribution in [1.29, 1.82) is 0 Å². The Balaban J connectivity index is 1.87. The monoisotopic (exact) mass is 367 g/mol. The Labute approximate surface area is 126 Å². The summed E-state index contributed by atoms with van der Waals surface area (Å²) in [6, 6.07) is 1.70. The zero-order valence-corrected chi connectivity index (χ0v) is 14.0. The van der Waals surface area contributed by atoms with Crippen molar-refractivity contribution in [2.45, 2.75) is 11.1 Å². The number of hydrogen-bond acceptors (Lipinski definition) is 5. The maximum absolute atomic E-state index is 12.1. The molecule has 1 saturated heterocycles. The molecule has 0 radical (unpaired) electrons. The SMILES string of the molecule is Cc1cc(S(=O)(=O)NCCN2CCNCC2)sc1Br. The van der Waals surface area contributed by atoms with Crippen LogP contribution in [0.5, 0.6) is 0 Å². The van der Waals surface area contributed by atoms with Gasteiger partial charge in [0.15, 0.2) is 0 Å². The molecule has 0 saturated carbocycles. The molecule has 19 heavy (non-hydrogen) atoms. The zero-order valence-electron chi connectivity index (χ0n) is 10.8. The quantitative estimate of drug-likeness (QED) is 0.814. The Bertz CT molecular complexity index is 505. The minimum absolute atomic E-state index is 0.372. The summed E-state index contributed by atoms with van der Waals surface area (Å²) < 4.78 is 28.1. The number of nitrogens with zero attached hydrogens (tertiary/aromatic N) is 1. The van der Waals surface area contributed by atoms with Crippen molar-refractivity contribution >= 4 is 37.3 Å². The predicted octanol–water partition coefficient (Wildman–Crippen LogP) is 1.00. The molecular weight excluding hydrogens is 350 g/mol. The van der Waals surface area contributed by atoms with Gasteiger partial charge in [0.05, 0.1) is 3.79 Å². The summed E-state index contributed by atoms with van der Waals surface area (Å²) in [7, 11) is -3.37. The summed E-state index contributed by atoms with van der Waals surface area (Å²) in [5.74, 6) is 0. The average Bonchev–Trinajstić information content (AvgIpc) is 2.72. The smallest absolute Gasteiger partial charge is 0.250 e. The van der Waals surface area contributed by atoms with Crippen molar-refractivity contribution in [3.05, 3.63) is 15.4 Å². The first-order valence-corrected chi connectivity index (χ1v) is 9.27. The Kier molecular flexibility index (Phi) is 5.38.